The predicted octanol–water partition coefficient (Wildman–Crippen LogP) is 1.96. The van der Waals surface area contributed by atoms with E-state index < -0.39 is 0 Å². The van der Waals surface area contributed by atoms with Crippen LogP contribution >= 0.6 is 0 Å². The van der Waals surface area contributed by atoms with Crippen LogP contribution in [0, 0.1) is 0 Å². The summed E-state index contributed by atoms with van der Waals surface area (Å²) in [5.41, 5.74) is 1.33. The first-order valence-electron chi connectivity index (χ1n) is 8.71. The molecule has 0 radical (unpaired) electrons. The highest BCUT2D eigenvalue weighted by Crippen LogP contribution is 2.12. The summed E-state index contributed by atoms with van der Waals surface area (Å²) in [4.78, 5) is 31.6. The molecular formula is C19H23N5O2. The van der Waals surface area contributed by atoms with Crippen LogP contribution in [0.25, 0.3) is 11.0 Å². The molecule has 0 aliphatic carbocycles. The van der Waals surface area contributed by atoms with Gasteiger partial charge in [-0.15, -0.1) is 0 Å². The minimum Gasteiger partial charge on any atom is -0.334 e. The van der Waals surface area contributed by atoms with Gasteiger partial charge in [0.05, 0.1) is 6.20 Å². The number of benzene rings is 1. The van der Waals surface area contributed by atoms with E-state index in [1.54, 1.807) is 11.7 Å². The van der Waals surface area contributed by atoms with Gasteiger partial charge in [-0.2, -0.15) is 5.10 Å². The molecule has 0 saturated heterocycles. The van der Waals surface area contributed by atoms with E-state index in [2.05, 4.69) is 10.1 Å². The van der Waals surface area contributed by atoms with Gasteiger partial charge >= 0.3 is 0 Å². The van der Waals surface area contributed by atoms with E-state index in [0.29, 0.717) is 17.6 Å². The van der Waals surface area contributed by atoms with Gasteiger partial charge in [-0.3, -0.25) is 18.8 Å². The summed E-state index contributed by atoms with van der Waals surface area (Å²) >= 11 is 0. The topological polar surface area (TPSA) is 73.0 Å². The van der Waals surface area contributed by atoms with E-state index >= 15 is 0 Å². The van der Waals surface area contributed by atoms with Crippen LogP contribution in [0.15, 0.2) is 47.7 Å². The number of amides is 1. The van der Waals surface area contributed by atoms with Gasteiger partial charge in [0.1, 0.15) is 18.3 Å². The quantitative estimate of drug-likeness (QED) is 0.679. The fourth-order valence-corrected chi connectivity index (χ4v) is 2.91. The van der Waals surface area contributed by atoms with Crippen LogP contribution in [0.5, 0.6) is 0 Å². The third kappa shape index (κ3) is 3.51. The van der Waals surface area contributed by atoms with Crippen molar-refractivity contribution in [1.29, 1.82) is 0 Å². The Morgan fingerprint density at radius 1 is 1.27 bits per heavy atom. The minimum atomic E-state index is -0.250. The maximum atomic E-state index is 12.9. The van der Waals surface area contributed by atoms with Gasteiger partial charge in [-0.25, -0.2) is 4.98 Å². The molecule has 26 heavy (non-hydrogen) atoms. The molecule has 0 bridgehead atoms. The minimum absolute atomic E-state index is 0.0339. The van der Waals surface area contributed by atoms with Gasteiger partial charge < -0.3 is 4.90 Å². The van der Waals surface area contributed by atoms with Crippen LogP contribution < -0.4 is 5.56 Å². The number of hydrogen-bond donors (Lipinski definition) is 0. The predicted molar refractivity (Wildman–Crippen MR) is 99.5 cm³/mol. The van der Waals surface area contributed by atoms with Crippen molar-refractivity contribution in [2.24, 2.45) is 7.05 Å². The molecule has 7 heteroatoms. The maximum absolute atomic E-state index is 12.9. The van der Waals surface area contributed by atoms with E-state index in [1.807, 2.05) is 49.1 Å². The second kappa shape index (κ2) is 7.51. The Morgan fingerprint density at radius 3 is 2.69 bits per heavy atom. The molecule has 1 unspecified atom stereocenters. The molecule has 136 valence electrons. The van der Waals surface area contributed by atoms with Crippen LogP contribution in [0.2, 0.25) is 0 Å². The van der Waals surface area contributed by atoms with Gasteiger partial charge in [-0.1, -0.05) is 37.3 Å². The number of nitrogens with zero attached hydrogens (tertiary/aromatic N) is 5. The van der Waals surface area contributed by atoms with Crippen molar-refractivity contribution >= 4 is 16.9 Å². The number of aryl methyl sites for hydroxylation is 1. The Balaban J connectivity index is 1.85. The molecule has 1 aromatic carbocycles. The second-order valence-electron chi connectivity index (χ2n) is 6.45. The van der Waals surface area contributed by atoms with E-state index in [1.165, 1.54) is 17.1 Å². The molecular weight excluding hydrogens is 330 g/mol. The molecule has 0 spiro atoms. The summed E-state index contributed by atoms with van der Waals surface area (Å²) in [5, 5.41) is 4.47. The summed E-state index contributed by atoms with van der Waals surface area (Å²) in [7, 11) is 1.73. The van der Waals surface area contributed by atoms with Gasteiger partial charge in [0.2, 0.25) is 5.91 Å². The van der Waals surface area contributed by atoms with Crippen molar-refractivity contribution in [2.45, 2.75) is 39.4 Å². The normalized spacial score (nSPS) is 12.3. The molecule has 2 heterocycles. The number of carbonyl (C=O) groups excluding carboxylic acids is 1. The first kappa shape index (κ1) is 17.8. The Kier molecular flexibility index (Phi) is 5.16. The smallest absolute Gasteiger partial charge is 0.264 e. The Hall–Kier alpha value is -2.96. The third-order valence-electron chi connectivity index (χ3n) is 4.66. The van der Waals surface area contributed by atoms with Crippen molar-refractivity contribution in [3.8, 4) is 0 Å². The first-order chi connectivity index (χ1) is 12.5. The third-order valence-corrected chi connectivity index (χ3v) is 4.66. The largest absolute Gasteiger partial charge is 0.334 e. The Morgan fingerprint density at radius 2 is 2.00 bits per heavy atom. The van der Waals surface area contributed by atoms with Crippen LogP contribution in [-0.4, -0.2) is 36.2 Å². The zero-order chi connectivity index (χ0) is 18.7. The maximum Gasteiger partial charge on any atom is 0.264 e. The summed E-state index contributed by atoms with van der Waals surface area (Å²) in [6.07, 6.45) is 3.75. The van der Waals surface area contributed by atoms with E-state index in [9.17, 15) is 9.59 Å². The van der Waals surface area contributed by atoms with Crippen molar-refractivity contribution in [3.05, 3.63) is 58.8 Å². The molecule has 3 rings (SSSR count). The summed E-state index contributed by atoms with van der Waals surface area (Å²) in [5.74, 6) is -0.102. The molecule has 0 fully saturated rings. The van der Waals surface area contributed by atoms with Gasteiger partial charge in [0, 0.05) is 19.6 Å². The Bertz CT molecular complexity index is 961. The standard InChI is InChI=1S/C19H23N5O2/c1-4-14(2)24(11-15-8-6-5-7-9-15)17(25)12-23-13-20-18-16(19(23)26)10-21-22(18)3/h5-10,13-14H,4,11-12H2,1-3H3. The molecule has 0 aliphatic rings. The van der Waals surface area contributed by atoms with Crippen molar-refractivity contribution < 1.29 is 4.79 Å². The summed E-state index contributed by atoms with van der Waals surface area (Å²) in [6.45, 7) is 4.55. The lowest BCUT2D eigenvalue weighted by Crippen LogP contribution is -2.41. The molecule has 0 N–H and O–H groups in total. The van der Waals surface area contributed by atoms with Gasteiger partial charge in [-0.05, 0) is 18.9 Å². The van der Waals surface area contributed by atoms with E-state index in [4.69, 9.17) is 0 Å². The van der Waals surface area contributed by atoms with Crippen LogP contribution in [0.4, 0.5) is 0 Å². The first-order valence-corrected chi connectivity index (χ1v) is 8.71. The van der Waals surface area contributed by atoms with Crippen molar-refractivity contribution in [2.75, 3.05) is 0 Å². The number of fused-ring (bicyclic) bond motifs is 1. The molecule has 2 aromatic heterocycles. The highest BCUT2D eigenvalue weighted by molar-refractivity contribution is 5.77. The highest BCUT2D eigenvalue weighted by atomic mass is 16.2. The molecule has 0 aliphatic heterocycles. The van der Waals surface area contributed by atoms with E-state index in [-0.39, 0.29) is 24.1 Å². The Labute approximate surface area is 151 Å². The van der Waals surface area contributed by atoms with Gasteiger partial charge in [0.25, 0.3) is 5.56 Å². The molecule has 1 amide bonds. The zero-order valence-electron chi connectivity index (χ0n) is 15.3. The lowest BCUT2D eigenvalue weighted by Gasteiger charge is -2.29. The molecule has 1 atom stereocenters. The lowest BCUT2D eigenvalue weighted by atomic mass is 10.1. The molecule has 0 saturated carbocycles. The number of aromatic nitrogens is 4. The number of hydrogen-bond acceptors (Lipinski definition) is 4. The van der Waals surface area contributed by atoms with Crippen LogP contribution in [0.1, 0.15) is 25.8 Å². The number of rotatable bonds is 6. The fraction of sp³-hybridized carbons (Fsp3) is 0.368. The van der Waals surface area contributed by atoms with Gasteiger partial charge in [0.15, 0.2) is 5.65 Å². The fourth-order valence-electron chi connectivity index (χ4n) is 2.91. The SMILES string of the molecule is CCC(C)N(Cc1ccccc1)C(=O)Cn1cnc2c(cnn2C)c1=O. The molecule has 3 aromatic rings. The molecule has 7 nitrogen and oxygen atoms in total. The van der Waals surface area contributed by atoms with Crippen molar-refractivity contribution in [3.63, 3.8) is 0 Å². The van der Waals surface area contributed by atoms with Crippen LogP contribution in [-0.2, 0) is 24.9 Å². The van der Waals surface area contributed by atoms with E-state index in [0.717, 1.165) is 12.0 Å². The second-order valence-corrected chi connectivity index (χ2v) is 6.45. The lowest BCUT2D eigenvalue weighted by molar-refractivity contribution is -0.134. The zero-order valence-corrected chi connectivity index (χ0v) is 15.3. The summed E-state index contributed by atoms with van der Waals surface area (Å²) in [6, 6.07) is 9.94. The average molecular weight is 353 g/mol. The van der Waals surface area contributed by atoms with Crippen molar-refractivity contribution in [1.82, 2.24) is 24.2 Å². The highest BCUT2D eigenvalue weighted by Gasteiger charge is 2.20. The monoisotopic (exact) mass is 353 g/mol. The number of carbonyl (C=O) groups is 1. The van der Waals surface area contributed by atoms with Crippen LogP contribution in [0.3, 0.4) is 0 Å². The average Bonchev–Trinajstić information content (AvgIpc) is 3.04. The summed E-state index contributed by atoms with van der Waals surface area (Å²) < 4.78 is 2.90.